The Labute approximate surface area is 92.1 Å². The zero-order valence-electron chi connectivity index (χ0n) is 7.81. The molecule has 4 nitrogen and oxygen atoms in total. The monoisotopic (exact) mass is 220 g/mol. The van der Waals surface area contributed by atoms with E-state index in [0.29, 0.717) is 10.8 Å². The fourth-order valence-corrected chi connectivity index (χ4v) is 1.40. The average Bonchev–Trinajstić information content (AvgIpc) is 2.29. The van der Waals surface area contributed by atoms with Gasteiger partial charge in [0.05, 0.1) is 5.69 Å². The first-order valence-electron chi connectivity index (χ1n) is 4.36. The molecular weight excluding hydrogens is 212 g/mol. The number of nitrogens with two attached hydrogens (primary N) is 1. The Balaban J connectivity index is 2.37. The van der Waals surface area contributed by atoms with Crippen LogP contribution in [0.2, 0.25) is 5.02 Å². The molecule has 0 saturated carbocycles. The van der Waals surface area contributed by atoms with Gasteiger partial charge in [-0.1, -0.05) is 23.7 Å². The van der Waals surface area contributed by atoms with Gasteiger partial charge in [0.25, 0.3) is 0 Å². The minimum Gasteiger partial charge on any atom is -0.307 e. The Morgan fingerprint density at radius 2 is 2.00 bits per heavy atom. The Bertz CT molecular complexity index is 455. The van der Waals surface area contributed by atoms with Gasteiger partial charge in [0, 0.05) is 10.6 Å². The van der Waals surface area contributed by atoms with Gasteiger partial charge in [-0.2, -0.15) is 0 Å². The fraction of sp³-hybridized carbons (Fsp3) is 0. The maximum Gasteiger partial charge on any atom is 0.162 e. The summed E-state index contributed by atoms with van der Waals surface area (Å²) in [5.41, 5.74) is 4.11. The zero-order chi connectivity index (χ0) is 10.7. The van der Waals surface area contributed by atoms with Gasteiger partial charge in [-0.05, 0) is 24.3 Å². The number of rotatable bonds is 2. The van der Waals surface area contributed by atoms with Crippen molar-refractivity contribution in [3.63, 3.8) is 0 Å². The van der Waals surface area contributed by atoms with Gasteiger partial charge in [-0.25, -0.2) is 5.84 Å². The van der Waals surface area contributed by atoms with Gasteiger partial charge in [-0.3, -0.25) is 0 Å². The molecule has 0 atom stereocenters. The lowest BCUT2D eigenvalue weighted by molar-refractivity contribution is 1.03. The lowest BCUT2D eigenvalue weighted by Gasteiger charge is -2.01. The molecule has 0 amide bonds. The second-order valence-corrected chi connectivity index (χ2v) is 3.39. The van der Waals surface area contributed by atoms with Crippen LogP contribution in [0, 0.1) is 0 Å². The average molecular weight is 221 g/mol. The number of hydrogen-bond donors (Lipinski definition) is 2. The van der Waals surface area contributed by atoms with Crippen LogP contribution in [0.15, 0.2) is 36.4 Å². The molecule has 0 spiro atoms. The summed E-state index contributed by atoms with van der Waals surface area (Å²) in [6, 6.07) is 11.0. The van der Waals surface area contributed by atoms with Crippen molar-refractivity contribution in [1.82, 2.24) is 10.2 Å². The van der Waals surface area contributed by atoms with E-state index < -0.39 is 0 Å². The van der Waals surface area contributed by atoms with E-state index in [2.05, 4.69) is 15.6 Å². The van der Waals surface area contributed by atoms with Crippen LogP contribution in [0.3, 0.4) is 0 Å². The van der Waals surface area contributed by atoms with Crippen molar-refractivity contribution in [2.45, 2.75) is 0 Å². The molecule has 1 aromatic carbocycles. The Morgan fingerprint density at radius 3 is 2.60 bits per heavy atom. The van der Waals surface area contributed by atoms with Crippen LogP contribution in [0.1, 0.15) is 0 Å². The Kier molecular flexibility index (Phi) is 2.80. The van der Waals surface area contributed by atoms with E-state index in [1.54, 1.807) is 6.07 Å². The van der Waals surface area contributed by atoms with E-state index in [-0.39, 0.29) is 0 Å². The Morgan fingerprint density at radius 1 is 1.13 bits per heavy atom. The van der Waals surface area contributed by atoms with Gasteiger partial charge in [0.15, 0.2) is 5.82 Å². The predicted octanol–water partition coefficient (Wildman–Crippen LogP) is 2.08. The van der Waals surface area contributed by atoms with Gasteiger partial charge in [-0.15, -0.1) is 10.2 Å². The maximum atomic E-state index is 5.87. The molecular formula is C10H9ClN4. The van der Waals surface area contributed by atoms with Crippen LogP contribution >= 0.6 is 11.6 Å². The number of hydrogen-bond acceptors (Lipinski definition) is 4. The largest absolute Gasteiger partial charge is 0.307 e. The van der Waals surface area contributed by atoms with Crippen LogP contribution in [0.4, 0.5) is 5.82 Å². The number of halogens is 1. The number of nitrogens with zero attached hydrogens (tertiary/aromatic N) is 2. The first-order chi connectivity index (χ1) is 7.29. The van der Waals surface area contributed by atoms with Crippen molar-refractivity contribution < 1.29 is 0 Å². The van der Waals surface area contributed by atoms with E-state index in [0.717, 1.165) is 11.3 Å². The summed E-state index contributed by atoms with van der Waals surface area (Å²) < 4.78 is 0. The molecule has 76 valence electrons. The summed E-state index contributed by atoms with van der Waals surface area (Å²) in [6.07, 6.45) is 0. The third kappa shape index (κ3) is 2.23. The lowest BCUT2D eigenvalue weighted by Crippen LogP contribution is -2.08. The van der Waals surface area contributed by atoms with E-state index >= 15 is 0 Å². The number of benzene rings is 1. The molecule has 5 heteroatoms. The number of aromatic nitrogens is 2. The molecule has 2 aromatic rings. The minimum atomic E-state index is 0.528. The van der Waals surface area contributed by atoms with Crippen molar-refractivity contribution in [3.8, 4) is 11.3 Å². The van der Waals surface area contributed by atoms with E-state index in [9.17, 15) is 0 Å². The van der Waals surface area contributed by atoms with Crippen molar-refractivity contribution >= 4 is 17.4 Å². The topological polar surface area (TPSA) is 63.8 Å². The minimum absolute atomic E-state index is 0.528. The molecule has 3 N–H and O–H groups in total. The van der Waals surface area contributed by atoms with E-state index in [4.69, 9.17) is 17.4 Å². The van der Waals surface area contributed by atoms with Crippen LogP contribution in [-0.4, -0.2) is 10.2 Å². The normalized spacial score (nSPS) is 10.0. The fourth-order valence-electron chi connectivity index (χ4n) is 1.21. The molecule has 0 unspecified atom stereocenters. The summed E-state index contributed by atoms with van der Waals surface area (Å²) in [5, 5.41) is 8.56. The van der Waals surface area contributed by atoms with Crippen LogP contribution in [0.5, 0.6) is 0 Å². The molecule has 0 radical (unpaired) electrons. The van der Waals surface area contributed by atoms with Gasteiger partial charge >= 0.3 is 0 Å². The zero-order valence-corrected chi connectivity index (χ0v) is 8.57. The number of nitrogen functional groups attached to an aromatic ring is 1. The van der Waals surface area contributed by atoms with Crippen LogP contribution < -0.4 is 11.3 Å². The van der Waals surface area contributed by atoms with Crippen LogP contribution in [0.25, 0.3) is 11.3 Å². The first kappa shape index (κ1) is 9.89. The van der Waals surface area contributed by atoms with Crippen molar-refractivity contribution in [2.75, 3.05) is 5.43 Å². The molecule has 2 rings (SSSR count). The number of nitrogens with one attached hydrogen (secondary N) is 1. The smallest absolute Gasteiger partial charge is 0.162 e. The van der Waals surface area contributed by atoms with E-state index in [1.165, 1.54) is 0 Å². The molecule has 15 heavy (non-hydrogen) atoms. The molecule has 1 heterocycles. The highest BCUT2D eigenvalue weighted by Gasteiger charge is 2.00. The highest BCUT2D eigenvalue weighted by atomic mass is 35.5. The molecule has 0 aliphatic rings. The quantitative estimate of drug-likeness (QED) is 0.601. The second kappa shape index (κ2) is 4.25. The highest BCUT2D eigenvalue weighted by Crippen LogP contribution is 2.20. The predicted molar refractivity (Wildman–Crippen MR) is 60.3 cm³/mol. The molecule has 0 aliphatic carbocycles. The summed E-state index contributed by atoms with van der Waals surface area (Å²) >= 11 is 5.87. The maximum absolute atomic E-state index is 5.87. The summed E-state index contributed by atoms with van der Waals surface area (Å²) in [5.74, 6) is 5.72. The number of hydrazine groups is 1. The molecule has 0 fully saturated rings. The van der Waals surface area contributed by atoms with E-state index in [1.807, 2.05) is 30.3 Å². The third-order valence-corrected chi connectivity index (χ3v) is 2.17. The van der Waals surface area contributed by atoms with Crippen molar-refractivity contribution in [3.05, 3.63) is 41.4 Å². The first-order valence-corrected chi connectivity index (χ1v) is 4.73. The Hall–Kier alpha value is -1.65. The highest BCUT2D eigenvalue weighted by molar-refractivity contribution is 6.30. The van der Waals surface area contributed by atoms with Gasteiger partial charge < -0.3 is 5.43 Å². The van der Waals surface area contributed by atoms with Gasteiger partial charge in [0.1, 0.15) is 0 Å². The third-order valence-electron chi connectivity index (χ3n) is 1.93. The second-order valence-electron chi connectivity index (χ2n) is 2.96. The molecule has 0 aliphatic heterocycles. The summed E-state index contributed by atoms with van der Waals surface area (Å²) in [4.78, 5) is 0. The SMILES string of the molecule is NNc1ccc(-c2cccc(Cl)c2)nn1. The molecule has 0 bridgehead atoms. The summed E-state index contributed by atoms with van der Waals surface area (Å²) in [7, 11) is 0. The standard InChI is InChI=1S/C10H9ClN4/c11-8-3-1-2-7(6-8)9-4-5-10(13-12)15-14-9/h1-6H,12H2,(H,13,15). The number of anilines is 1. The molecule has 0 saturated heterocycles. The van der Waals surface area contributed by atoms with Crippen molar-refractivity contribution in [1.29, 1.82) is 0 Å². The molecule has 1 aromatic heterocycles. The van der Waals surface area contributed by atoms with Gasteiger partial charge in [0.2, 0.25) is 0 Å². The van der Waals surface area contributed by atoms with Crippen molar-refractivity contribution in [2.24, 2.45) is 5.84 Å². The summed E-state index contributed by atoms with van der Waals surface area (Å²) in [6.45, 7) is 0. The van der Waals surface area contributed by atoms with Crippen LogP contribution in [-0.2, 0) is 0 Å². The lowest BCUT2D eigenvalue weighted by atomic mass is 10.1.